The molecule has 1 aromatic carbocycles. The van der Waals surface area contributed by atoms with Gasteiger partial charge in [0.2, 0.25) is 5.60 Å². The summed E-state index contributed by atoms with van der Waals surface area (Å²) < 4.78 is 22.6. The van der Waals surface area contributed by atoms with E-state index in [0.29, 0.717) is 5.56 Å². The number of rotatable bonds is 4. The van der Waals surface area contributed by atoms with Gasteiger partial charge in [0.05, 0.1) is 6.54 Å². The van der Waals surface area contributed by atoms with Gasteiger partial charge in [0, 0.05) is 6.92 Å². The highest BCUT2D eigenvalue weighted by Crippen LogP contribution is 2.26. The average Bonchev–Trinajstić information content (AvgIpc) is 2.63. The van der Waals surface area contributed by atoms with Crippen LogP contribution in [0.25, 0.3) is 0 Å². The summed E-state index contributed by atoms with van der Waals surface area (Å²) in [6, 6.07) is 5.41. The Balaban J connectivity index is 2.11. The predicted molar refractivity (Wildman–Crippen MR) is 68.5 cm³/mol. The van der Waals surface area contributed by atoms with Gasteiger partial charge in [-0.25, -0.2) is 14.1 Å². The molecule has 0 spiro atoms. The van der Waals surface area contributed by atoms with Gasteiger partial charge in [-0.15, -0.1) is 0 Å². The third-order valence-corrected chi connectivity index (χ3v) is 3.04. The van der Waals surface area contributed by atoms with Gasteiger partial charge >= 0.3 is 12.1 Å². The maximum Gasteiger partial charge on any atom is 0.418 e. The molecule has 1 unspecified atom stereocenters. The fourth-order valence-electron chi connectivity index (χ4n) is 1.90. The number of halogens is 1. The van der Waals surface area contributed by atoms with Crippen molar-refractivity contribution in [3.63, 3.8) is 0 Å². The minimum Gasteiger partial charge on any atom is -0.461 e. The summed E-state index contributed by atoms with van der Waals surface area (Å²) in [5, 5.41) is 0. The molecule has 0 bridgehead atoms. The van der Waals surface area contributed by atoms with E-state index >= 15 is 0 Å². The van der Waals surface area contributed by atoms with Crippen LogP contribution >= 0.6 is 0 Å². The Morgan fingerprint density at radius 3 is 2.52 bits per heavy atom. The van der Waals surface area contributed by atoms with Crippen molar-refractivity contribution in [2.75, 3.05) is 6.61 Å². The monoisotopic (exact) mass is 295 g/mol. The summed E-state index contributed by atoms with van der Waals surface area (Å²) in [6.07, 6.45) is -0.820. The molecule has 0 aliphatic carbocycles. The first kappa shape index (κ1) is 15.0. The number of cyclic esters (lactones) is 1. The third-order valence-electron chi connectivity index (χ3n) is 3.04. The maximum absolute atomic E-state index is 12.8. The molecule has 2 amide bonds. The molecule has 1 aromatic rings. The van der Waals surface area contributed by atoms with Gasteiger partial charge in [0.1, 0.15) is 12.4 Å². The van der Waals surface area contributed by atoms with Crippen molar-refractivity contribution >= 4 is 18.0 Å². The van der Waals surface area contributed by atoms with E-state index in [0.717, 1.165) is 4.90 Å². The van der Waals surface area contributed by atoms with Crippen LogP contribution in [0.3, 0.4) is 0 Å². The van der Waals surface area contributed by atoms with E-state index in [4.69, 9.17) is 9.47 Å². The highest BCUT2D eigenvalue weighted by atomic mass is 19.1. The summed E-state index contributed by atoms with van der Waals surface area (Å²) >= 11 is 0. The standard InChI is InChI=1S/C14H14FNO5/c1-9(17)20-8-14(2)12(18)16(13(19)21-14)7-10-3-5-11(15)6-4-10/h3-6H,7-8H2,1-2H3. The van der Waals surface area contributed by atoms with E-state index in [1.807, 2.05) is 0 Å². The first-order valence-corrected chi connectivity index (χ1v) is 6.24. The lowest BCUT2D eigenvalue weighted by molar-refractivity contribution is -0.152. The molecule has 0 saturated carbocycles. The second-order valence-electron chi connectivity index (χ2n) is 4.90. The zero-order chi connectivity index (χ0) is 15.6. The molecule has 1 heterocycles. The molecular weight excluding hydrogens is 281 g/mol. The fourth-order valence-corrected chi connectivity index (χ4v) is 1.90. The van der Waals surface area contributed by atoms with Gasteiger partial charge in [0.15, 0.2) is 0 Å². The van der Waals surface area contributed by atoms with Gasteiger partial charge in [0.25, 0.3) is 5.91 Å². The minimum absolute atomic E-state index is 0.0341. The highest BCUT2D eigenvalue weighted by molar-refractivity contribution is 6.02. The normalized spacial score (nSPS) is 21.4. The zero-order valence-electron chi connectivity index (χ0n) is 11.6. The van der Waals surface area contributed by atoms with Crippen molar-refractivity contribution in [3.8, 4) is 0 Å². The van der Waals surface area contributed by atoms with Crippen molar-refractivity contribution in [1.29, 1.82) is 0 Å². The first-order chi connectivity index (χ1) is 9.82. The van der Waals surface area contributed by atoms with Crippen LogP contribution in [-0.2, 0) is 25.6 Å². The van der Waals surface area contributed by atoms with E-state index in [9.17, 15) is 18.8 Å². The smallest absolute Gasteiger partial charge is 0.418 e. The molecular formula is C14H14FNO5. The molecule has 0 N–H and O–H groups in total. The van der Waals surface area contributed by atoms with Crippen LogP contribution < -0.4 is 0 Å². The van der Waals surface area contributed by atoms with Crippen LogP contribution in [0, 0.1) is 5.82 Å². The predicted octanol–water partition coefficient (Wildman–Crippen LogP) is 1.63. The number of imide groups is 1. The molecule has 7 heteroatoms. The highest BCUT2D eigenvalue weighted by Gasteiger charge is 2.51. The minimum atomic E-state index is -1.53. The number of ether oxygens (including phenoxy) is 2. The van der Waals surface area contributed by atoms with Crippen molar-refractivity contribution < 1.29 is 28.2 Å². The van der Waals surface area contributed by atoms with Crippen LogP contribution in [0.2, 0.25) is 0 Å². The lowest BCUT2D eigenvalue weighted by Gasteiger charge is -2.19. The molecule has 1 aliphatic heterocycles. The largest absolute Gasteiger partial charge is 0.461 e. The van der Waals surface area contributed by atoms with Crippen molar-refractivity contribution in [2.45, 2.75) is 26.0 Å². The Hall–Kier alpha value is -2.44. The number of nitrogens with zero attached hydrogens (tertiary/aromatic N) is 1. The first-order valence-electron chi connectivity index (χ1n) is 6.24. The van der Waals surface area contributed by atoms with E-state index in [2.05, 4.69) is 0 Å². The second-order valence-corrected chi connectivity index (χ2v) is 4.90. The summed E-state index contributed by atoms with van der Waals surface area (Å²) in [5.41, 5.74) is -0.943. The molecule has 1 aliphatic rings. The SMILES string of the molecule is CC(=O)OCC1(C)OC(=O)N(Cc2ccc(F)cc2)C1=O. The summed E-state index contributed by atoms with van der Waals surface area (Å²) in [6.45, 7) is 2.20. The van der Waals surface area contributed by atoms with E-state index in [1.54, 1.807) is 0 Å². The number of esters is 1. The number of benzene rings is 1. The van der Waals surface area contributed by atoms with Gasteiger partial charge in [-0.2, -0.15) is 0 Å². The van der Waals surface area contributed by atoms with Crippen LogP contribution in [0.4, 0.5) is 9.18 Å². The number of hydrogen-bond donors (Lipinski definition) is 0. The molecule has 21 heavy (non-hydrogen) atoms. The molecule has 1 atom stereocenters. The summed E-state index contributed by atoms with van der Waals surface area (Å²) in [5.74, 6) is -1.58. The molecule has 2 rings (SSSR count). The van der Waals surface area contributed by atoms with Crippen molar-refractivity contribution in [3.05, 3.63) is 35.6 Å². The number of carbonyl (C=O) groups is 3. The van der Waals surface area contributed by atoms with E-state index < -0.39 is 29.4 Å². The Kier molecular flexibility index (Phi) is 3.93. The van der Waals surface area contributed by atoms with Gasteiger partial charge in [-0.3, -0.25) is 9.59 Å². The molecule has 0 radical (unpaired) electrons. The van der Waals surface area contributed by atoms with Gasteiger partial charge < -0.3 is 9.47 Å². The fraction of sp³-hybridized carbons (Fsp3) is 0.357. The average molecular weight is 295 g/mol. The molecule has 1 saturated heterocycles. The van der Waals surface area contributed by atoms with Gasteiger partial charge in [-0.1, -0.05) is 12.1 Å². The second kappa shape index (κ2) is 5.51. The Labute approximate surface area is 120 Å². The number of amides is 2. The van der Waals surface area contributed by atoms with Crippen LogP contribution in [0.15, 0.2) is 24.3 Å². The summed E-state index contributed by atoms with van der Waals surface area (Å²) in [4.78, 5) is 35.7. The van der Waals surface area contributed by atoms with Crippen molar-refractivity contribution in [2.24, 2.45) is 0 Å². The lowest BCUT2D eigenvalue weighted by atomic mass is 10.1. The Bertz CT molecular complexity index is 586. The number of hydrogen-bond acceptors (Lipinski definition) is 5. The Morgan fingerprint density at radius 1 is 1.33 bits per heavy atom. The van der Waals surface area contributed by atoms with Gasteiger partial charge in [-0.05, 0) is 24.6 Å². The summed E-state index contributed by atoms with van der Waals surface area (Å²) in [7, 11) is 0. The lowest BCUT2D eigenvalue weighted by Crippen LogP contribution is -2.42. The van der Waals surface area contributed by atoms with E-state index in [1.165, 1.54) is 38.1 Å². The van der Waals surface area contributed by atoms with Crippen molar-refractivity contribution in [1.82, 2.24) is 4.90 Å². The van der Waals surface area contributed by atoms with Crippen LogP contribution in [-0.4, -0.2) is 35.1 Å². The maximum atomic E-state index is 12.8. The molecule has 1 fully saturated rings. The van der Waals surface area contributed by atoms with Crippen LogP contribution in [0.1, 0.15) is 19.4 Å². The van der Waals surface area contributed by atoms with Crippen LogP contribution in [0.5, 0.6) is 0 Å². The zero-order valence-corrected chi connectivity index (χ0v) is 11.6. The molecule has 112 valence electrons. The Morgan fingerprint density at radius 2 is 1.95 bits per heavy atom. The molecule has 6 nitrogen and oxygen atoms in total. The third kappa shape index (κ3) is 3.18. The molecule has 0 aromatic heterocycles. The quantitative estimate of drug-likeness (QED) is 0.789. The number of carbonyl (C=O) groups excluding carboxylic acids is 3. The topological polar surface area (TPSA) is 72.9 Å². The van der Waals surface area contributed by atoms with E-state index in [-0.39, 0.29) is 13.2 Å².